The van der Waals surface area contributed by atoms with Crippen LogP contribution < -0.4 is 10.6 Å². The van der Waals surface area contributed by atoms with Gasteiger partial charge in [0.25, 0.3) is 11.8 Å². The lowest BCUT2D eigenvalue weighted by atomic mass is 9.96. The van der Waals surface area contributed by atoms with Crippen LogP contribution in [-0.2, 0) is 81.1 Å². The zero-order valence-corrected chi connectivity index (χ0v) is 47.5. The fourth-order valence-corrected chi connectivity index (χ4v) is 9.73. The van der Waals surface area contributed by atoms with Gasteiger partial charge in [-0.15, -0.1) is 5.06 Å². The van der Waals surface area contributed by atoms with Crippen LogP contribution in [0.1, 0.15) is 90.4 Å². The van der Waals surface area contributed by atoms with E-state index in [1.54, 1.807) is 0 Å². The number of carbonyl (C=O) groups is 8. The number of unbranched alkanes of at least 4 members (excludes halogenated alkanes) is 2. The number of Topliss-reactive ketones (excluding diaryl/α,β-unsaturated/α-hetero) is 3. The topological polar surface area (TPSA) is 513 Å². The molecule has 0 unspecified atom stereocenters. The third-order valence-electron chi connectivity index (χ3n) is 14.7. The van der Waals surface area contributed by atoms with Crippen LogP contribution in [0, 0.1) is 0 Å². The first kappa shape index (κ1) is 72.4. The highest BCUT2D eigenvalue weighted by atomic mass is 16.8. The minimum atomic E-state index is -1.97. The highest BCUT2D eigenvalue weighted by Gasteiger charge is 2.52. The normalized spacial score (nSPS) is 34.1. The van der Waals surface area contributed by atoms with E-state index in [2.05, 4.69) is 10.6 Å². The number of hydrogen-bond acceptors (Lipinski definition) is 31. The van der Waals surface area contributed by atoms with Gasteiger partial charge < -0.3 is 120 Å². The van der Waals surface area contributed by atoms with Crippen LogP contribution in [-0.4, -0.2) is 312 Å². The number of aliphatic hydroxyl groups is 13. The quantitative estimate of drug-likeness (QED) is 0.0205. The van der Waals surface area contributed by atoms with Crippen LogP contribution >= 0.6 is 0 Å². The van der Waals surface area contributed by atoms with Gasteiger partial charge in [-0.1, -0.05) is 0 Å². The van der Waals surface area contributed by atoms with Crippen molar-refractivity contribution in [2.45, 2.75) is 213 Å². The number of ether oxygens (including phenoxy) is 8. The van der Waals surface area contributed by atoms with Crippen LogP contribution in [0.15, 0.2) is 0 Å². The Balaban J connectivity index is 1.06. The van der Waals surface area contributed by atoms with E-state index in [1.807, 2.05) is 0 Å². The Kier molecular flexibility index (Phi) is 30.1. The summed E-state index contributed by atoms with van der Waals surface area (Å²) in [7, 11) is 0. The predicted molar refractivity (Wildman–Crippen MR) is 279 cm³/mol. The molecule has 5 fully saturated rings. The summed E-state index contributed by atoms with van der Waals surface area (Å²) in [5, 5.41) is 139. The van der Waals surface area contributed by atoms with Gasteiger partial charge in [0.15, 0.2) is 25.2 Å². The van der Waals surface area contributed by atoms with E-state index >= 15 is 0 Å². The van der Waals surface area contributed by atoms with Crippen molar-refractivity contribution in [3.63, 3.8) is 0 Å². The first-order valence-corrected chi connectivity index (χ1v) is 28.6. The van der Waals surface area contributed by atoms with Crippen molar-refractivity contribution in [2.75, 3.05) is 65.8 Å². The zero-order chi connectivity index (χ0) is 63.4. The monoisotopic (exact) mass is 1240 g/mol. The highest BCUT2D eigenvalue weighted by Crippen LogP contribution is 2.31. The molecule has 0 saturated carbocycles. The maximum absolute atomic E-state index is 13.2. The van der Waals surface area contributed by atoms with Gasteiger partial charge in [-0.2, -0.15) is 0 Å². The van der Waals surface area contributed by atoms with Crippen LogP contribution in [0.5, 0.6) is 0 Å². The summed E-state index contributed by atoms with van der Waals surface area (Å²) >= 11 is 0. The molecule has 0 aromatic heterocycles. The summed E-state index contributed by atoms with van der Waals surface area (Å²) in [6.07, 6.45) is -32.5. The van der Waals surface area contributed by atoms with E-state index in [0.717, 1.165) is 0 Å². The lowest BCUT2D eigenvalue weighted by Crippen LogP contribution is -2.65. The SMILES string of the molecule is C[C@@H]1O[C@@H](OCCNC(=O)CCCCC(=O)CN(CC(=O)CCCCC(=O)NCCO[C@H]2O[C@H](CO[C@H]3O[C@H](CO)[C@@H](O)[C@H](O)[C@@H]3O)[C@@H](O)[C@H](O[C@H]3O[C@H](CO)[C@@H](O)[C@H](O)[C@@H]3O)[C@@H]2O)CC(=O)CCCC(=O)ON2C(=O)CCC2=O)[C@@H](O)[C@H](O)[C@@H]1O. The molecular formula is C52H84N4O30. The number of nitrogens with zero attached hydrogens (tertiary/aromatic N) is 2. The number of amides is 4. The number of hydroxylamine groups is 2. The van der Waals surface area contributed by atoms with Crippen LogP contribution in [0.4, 0.5) is 0 Å². The second kappa shape index (κ2) is 35.8. The third kappa shape index (κ3) is 21.4. The molecule has 34 nitrogen and oxygen atoms in total. The van der Waals surface area contributed by atoms with Crippen molar-refractivity contribution in [3.8, 4) is 0 Å². The standard InChI is InChI=1S/C52H84N4O30/c1-25-37(67)41(71)44(74)49(81-25)78-17-15-53-32(62)10-4-2-7-26(59)19-55(21-28(61)9-6-12-36(66)86-56-34(64)13-14-35(56)65)20-27(60)8-3-5-11-33(63)54-16-18-79-51-47(77)48(85-52-46(76)43(73)39(69)30(23-58)83-52)40(70)31(84-51)24-80-50-45(75)42(72)38(68)29(22-57)82-50/h25,29-31,37-52,57-58,67-77H,2-24H2,1H3,(H,53,62)(H,54,63)/t25-,29+,30+,31+,37+,38+,39+,40+,41+,42-,43-,44-,45-,46-,47-,48-,49+,50-,51-,52+/m0/s1. The Morgan fingerprint density at radius 3 is 1.41 bits per heavy atom. The molecule has 5 aliphatic rings. The number of aliphatic hydroxyl groups excluding tert-OH is 13. The molecule has 5 rings (SSSR count). The van der Waals surface area contributed by atoms with Crippen molar-refractivity contribution in [1.29, 1.82) is 0 Å². The molecule has 34 heteroatoms. The molecule has 86 heavy (non-hydrogen) atoms. The van der Waals surface area contributed by atoms with Gasteiger partial charge in [0.1, 0.15) is 109 Å². The first-order chi connectivity index (χ1) is 40.8. The number of imide groups is 1. The Morgan fingerprint density at radius 1 is 0.488 bits per heavy atom. The summed E-state index contributed by atoms with van der Waals surface area (Å²) < 4.78 is 44.1. The summed E-state index contributed by atoms with van der Waals surface area (Å²) in [4.78, 5) is 107. The van der Waals surface area contributed by atoms with E-state index in [-0.39, 0.29) is 140 Å². The molecule has 20 atom stereocenters. The Labute approximate surface area is 493 Å². The first-order valence-electron chi connectivity index (χ1n) is 28.6. The van der Waals surface area contributed by atoms with Crippen molar-refractivity contribution in [1.82, 2.24) is 20.6 Å². The molecule has 5 heterocycles. The Hall–Kier alpha value is -4.32. The van der Waals surface area contributed by atoms with E-state index in [0.29, 0.717) is 11.5 Å². The van der Waals surface area contributed by atoms with Gasteiger partial charge in [-0.25, -0.2) is 4.79 Å². The lowest BCUT2D eigenvalue weighted by molar-refractivity contribution is -0.366. The molecular weight excluding hydrogens is 1160 g/mol. The van der Waals surface area contributed by atoms with Gasteiger partial charge in [0, 0.05) is 64.5 Å². The van der Waals surface area contributed by atoms with Crippen LogP contribution in [0.3, 0.4) is 0 Å². The third-order valence-corrected chi connectivity index (χ3v) is 14.7. The maximum Gasteiger partial charge on any atom is 0.333 e. The largest absolute Gasteiger partial charge is 0.394 e. The van der Waals surface area contributed by atoms with E-state index in [4.69, 9.17) is 42.7 Å². The molecule has 492 valence electrons. The minimum absolute atomic E-state index is 0.0135. The summed E-state index contributed by atoms with van der Waals surface area (Å²) in [6, 6.07) is 0. The Bertz CT molecular complexity index is 2180. The number of ketones is 3. The highest BCUT2D eigenvalue weighted by molar-refractivity contribution is 6.01. The number of hydrogen-bond donors (Lipinski definition) is 15. The fraction of sp³-hybridized carbons (Fsp3) is 0.846. The number of rotatable bonds is 36. The molecule has 0 bridgehead atoms. The number of nitrogens with one attached hydrogen (secondary N) is 2. The lowest BCUT2D eigenvalue weighted by Gasteiger charge is -2.46. The van der Waals surface area contributed by atoms with Gasteiger partial charge >= 0.3 is 5.97 Å². The molecule has 15 N–H and O–H groups in total. The zero-order valence-electron chi connectivity index (χ0n) is 47.5. The van der Waals surface area contributed by atoms with Gasteiger partial charge in [0.05, 0.1) is 58.8 Å². The van der Waals surface area contributed by atoms with Crippen molar-refractivity contribution in [2.24, 2.45) is 0 Å². The second-order valence-corrected chi connectivity index (χ2v) is 21.5. The van der Waals surface area contributed by atoms with Crippen LogP contribution in [0.2, 0.25) is 0 Å². The summed E-state index contributed by atoms with van der Waals surface area (Å²) in [6.45, 7) is -2.47. The van der Waals surface area contributed by atoms with Crippen LogP contribution in [0.25, 0.3) is 0 Å². The van der Waals surface area contributed by atoms with Crippen molar-refractivity contribution < 1.29 is 147 Å². The fourth-order valence-electron chi connectivity index (χ4n) is 9.73. The van der Waals surface area contributed by atoms with Gasteiger partial charge in [0.2, 0.25) is 11.8 Å². The van der Waals surface area contributed by atoms with Gasteiger partial charge in [-0.05, 0) is 39.0 Å². The average Bonchev–Trinajstić information content (AvgIpc) is 1.67. The average molecular weight is 1250 g/mol. The number of carbonyl (C=O) groups excluding carboxylic acids is 8. The molecule has 0 aromatic carbocycles. The van der Waals surface area contributed by atoms with E-state index in [1.165, 1.54) is 11.8 Å². The van der Waals surface area contributed by atoms with E-state index < -0.39 is 172 Å². The second-order valence-electron chi connectivity index (χ2n) is 21.5. The maximum atomic E-state index is 13.2. The smallest absolute Gasteiger partial charge is 0.333 e. The summed E-state index contributed by atoms with van der Waals surface area (Å²) in [5.41, 5.74) is 0. The molecule has 0 radical (unpaired) electrons. The minimum Gasteiger partial charge on any atom is -0.394 e. The van der Waals surface area contributed by atoms with E-state index in [9.17, 15) is 105 Å². The molecule has 4 amide bonds. The molecule has 0 aromatic rings. The Morgan fingerprint density at radius 2 is 0.907 bits per heavy atom. The predicted octanol–water partition coefficient (Wildman–Crippen LogP) is -8.56. The summed E-state index contributed by atoms with van der Waals surface area (Å²) in [5.74, 6) is -4.28. The molecule has 5 aliphatic heterocycles. The van der Waals surface area contributed by atoms with Crippen molar-refractivity contribution >= 4 is 46.9 Å². The molecule has 0 spiro atoms. The molecule has 0 aliphatic carbocycles. The van der Waals surface area contributed by atoms with Crippen molar-refractivity contribution in [3.05, 3.63) is 0 Å². The molecule has 5 saturated heterocycles. The van der Waals surface area contributed by atoms with Gasteiger partial charge in [-0.3, -0.25) is 38.5 Å².